The highest BCUT2D eigenvalue weighted by atomic mass is 32.2. The lowest BCUT2D eigenvalue weighted by atomic mass is 10.7. The van der Waals surface area contributed by atoms with E-state index in [0.717, 1.165) is 0 Å². The highest BCUT2D eigenvalue weighted by Gasteiger charge is 2.28. The number of rotatable bonds is 3. The zero-order valence-corrected chi connectivity index (χ0v) is 10.3. The summed E-state index contributed by atoms with van der Waals surface area (Å²) in [6, 6.07) is 0. The predicted octanol–water partition coefficient (Wildman–Crippen LogP) is -3.77. The molecule has 1 aromatic heterocycles. The molecule has 14 heteroatoms. The van der Waals surface area contributed by atoms with Gasteiger partial charge in [-0.1, -0.05) is 0 Å². The SMILES string of the molecule is NS(=O)(=O)c1cn(S(N)(=O)=O)nc1S(N)(=O)=O. The first-order valence-electron chi connectivity index (χ1n) is 3.52. The van der Waals surface area contributed by atoms with Gasteiger partial charge in [-0.15, -0.1) is 9.19 Å². The van der Waals surface area contributed by atoms with Crippen molar-refractivity contribution >= 4 is 30.3 Å². The second kappa shape index (κ2) is 3.72. The standard InChI is InChI=1S/C3H7N5O6S3/c4-15(9,10)2-1-8(17(6,13)14)7-3(2)16(5,11)12/h1H,(H2,4,9,10)(H2,5,11,12)(H2,6,13,14). The lowest BCUT2D eigenvalue weighted by Crippen LogP contribution is -2.23. The van der Waals surface area contributed by atoms with E-state index in [2.05, 4.69) is 20.5 Å². The topological polar surface area (TPSA) is 198 Å². The monoisotopic (exact) mass is 305 g/mol. The molecule has 11 nitrogen and oxygen atoms in total. The van der Waals surface area contributed by atoms with Crippen LogP contribution in [0, 0.1) is 0 Å². The third kappa shape index (κ3) is 2.99. The zero-order valence-electron chi connectivity index (χ0n) is 7.88. The highest BCUT2D eigenvalue weighted by molar-refractivity contribution is 7.92. The third-order valence-electron chi connectivity index (χ3n) is 1.46. The van der Waals surface area contributed by atoms with Crippen LogP contribution in [-0.2, 0) is 30.3 Å². The number of hydrogen-bond donors (Lipinski definition) is 3. The first-order valence-corrected chi connectivity index (χ1v) is 8.11. The second-order valence-corrected chi connectivity index (χ2v) is 7.22. The molecular formula is C3H7N5O6S3. The van der Waals surface area contributed by atoms with Crippen molar-refractivity contribution in [3.63, 3.8) is 0 Å². The Hall–Kier alpha value is -1.06. The van der Waals surface area contributed by atoms with Crippen molar-refractivity contribution in [3.05, 3.63) is 6.20 Å². The number of nitrogens with two attached hydrogens (primary N) is 3. The smallest absolute Gasteiger partial charge is 0.224 e. The summed E-state index contributed by atoms with van der Waals surface area (Å²) in [5, 5.41) is 15.7. The summed E-state index contributed by atoms with van der Waals surface area (Å²) in [6.45, 7) is 0. The minimum atomic E-state index is -4.57. The molecule has 0 atom stereocenters. The van der Waals surface area contributed by atoms with Gasteiger partial charge in [0.25, 0.3) is 10.0 Å². The number of nitrogens with zero attached hydrogens (tertiary/aromatic N) is 2. The van der Waals surface area contributed by atoms with E-state index < -0.39 is 40.2 Å². The van der Waals surface area contributed by atoms with Crippen molar-refractivity contribution in [2.45, 2.75) is 9.92 Å². The van der Waals surface area contributed by atoms with Crippen LogP contribution in [0.25, 0.3) is 0 Å². The van der Waals surface area contributed by atoms with E-state index in [1.807, 2.05) is 0 Å². The molecule has 6 N–H and O–H groups in total. The van der Waals surface area contributed by atoms with Gasteiger partial charge in [0.2, 0.25) is 15.0 Å². The second-order valence-electron chi connectivity index (χ2n) is 2.81. The van der Waals surface area contributed by atoms with Gasteiger partial charge < -0.3 is 0 Å². The van der Waals surface area contributed by atoms with Gasteiger partial charge in [-0.2, -0.15) is 8.42 Å². The predicted molar refractivity (Wildman–Crippen MR) is 53.5 cm³/mol. The summed E-state index contributed by atoms with van der Waals surface area (Å²) >= 11 is 0. The normalized spacial score (nSPS) is 13.8. The minimum absolute atomic E-state index is 0.0630. The summed E-state index contributed by atoms with van der Waals surface area (Å²) in [5.74, 6) is 0. The fourth-order valence-electron chi connectivity index (χ4n) is 0.846. The average molecular weight is 305 g/mol. The first kappa shape index (κ1) is 14.0. The summed E-state index contributed by atoms with van der Waals surface area (Å²) in [5.41, 5.74) is 0. The number of primary sulfonamides is 2. The molecule has 1 rings (SSSR count). The van der Waals surface area contributed by atoms with Crippen LogP contribution in [0.5, 0.6) is 0 Å². The lowest BCUT2D eigenvalue weighted by molar-refractivity contribution is 0.574. The molecule has 1 heterocycles. The maximum atomic E-state index is 11.0. The fourth-order valence-corrected chi connectivity index (χ4v) is 3.17. The molecule has 17 heavy (non-hydrogen) atoms. The van der Waals surface area contributed by atoms with Gasteiger partial charge in [0.15, 0.2) is 0 Å². The quantitative estimate of drug-likeness (QED) is 0.508. The summed E-state index contributed by atoms with van der Waals surface area (Å²) in [7, 11) is -13.5. The largest absolute Gasteiger partial charge is 0.317 e. The molecule has 0 aliphatic carbocycles. The Kier molecular flexibility index (Phi) is 3.06. The highest BCUT2D eigenvalue weighted by Crippen LogP contribution is 2.16. The summed E-state index contributed by atoms with van der Waals surface area (Å²) < 4.78 is 65.6. The number of aromatic nitrogens is 2. The van der Waals surface area contributed by atoms with Gasteiger partial charge in [-0.25, -0.2) is 32.3 Å². The van der Waals surface area contributed by atoms with Gasteiger partial charge in [0, 0.05) is 0 Å². The minimum Gasteiger partial charge on any atom is -0.224 e. The Morgan fingerprint density at radius 2 is 1.41 bits per heavy atom. The van der Waals surface area contributed by atoms with E-state index in [1.54, 1.807) is 0 Å². The van der Waals surface area contributed by atoms with Gasteiger partial charge >= 0.3 is 10.2 Å². The van der Waals surface area contributed by atoms with Crippen molar-refractivity contribution in [2.75, 3.05) is 0 Å². The zero-order chi connectivity index (χ0) is 13.6. The molecule has 1 aromatic rings. The molecule has 0 fully saturated rings. The van der Waals surface area contributed by atoms with Crippen LogP contribution in [0.3, 0.4) is 0 Å². The van der Waals surface area contributed by atoms with Crippen LogP contribution in [0.2, 0.25) is 0 Å². The molecule has 0 unspecified atom stereocenters. The van der Waals surface area contributed by atoms with Crippen LogP contribution >= 0.6 is 0 Å². The van der Waals surface area contributed by atoms with E-state index in [0.29, 0.717) is 6.20 Å². The van der Waals surface area contributed by atoms with Crippen LogP contribution < -0.4 is 15.4 Å². The van der Waals surface area contributed by atoms with Crippen molar-refractivity contribution in [1.29, 1.82) is 0 Å². The Bertz CT molecular complexity index is 704. The van der Waals surface area contributed by atoms with Crippen molar-refractivity contribution in [2.24, 2.45) is 15.4 Å². The van der Waals surface area contributed by atoms with E-state index in [9.17, 15) is 25.3 Å². The lowest BCUT2D eigenvalue weighted by Gasteiger charge is -1.95. The summed E-state index contributed by atoms with van der Waals surface area (Å²) in [4.78, 5) is -1.06. The van der Waals surface area contributed by atoms with Crippen LogP contribution in [-0.4, -0.2) is 34.4 Å². The Morgan fingerprint density at radius 3 is 1.65 bits per heavy atom. The van der Waals surface area contributed by atoms with E-state index >= 15 is 0 Å². The molecule has 0 saturated heterocycles. The van der Waals surface area contributed by atoms with Gasteiger partial charge in [-0.3, -0.25) is 0 Å². The van der Waals surface area contributed by atoms with Crippen molar-refractivity contribution in [1.82, 2.24) is 9.19 Å². The average Bonchev–Trinajstić information content (AvgIpc) is 2.42. The first-order chi connectivity index (χ1) is 7.33. The number of sulfonamides is 2. The molecule has 0 spiro atoms. The van der Waals surface area contributed by atoms with Crippen molar-refractivity contribution in [3.8, 4) is 0 Å². The maximum absolute atomic E-state index is 11.0. The van der Waals surface area contributed by atoms with Crippen molar-refractivity contribution < 1.29 is 25.3 Å². The fraction of sp³-hybridized carbons (Fsp3) is 0. The van der Waals surface area contributed by atoms with E-state index in [4.69, 9.17) is 0 Å². The van der Waals surface area contributed by atoms with Crippen LogP contribution in [0.4, 0.5) is 0 Å². The molecular weight excluding hydrogens is 298 g/mol. The molecule has 0 amide bonds. The van der Waals surface area contributed by atoms with Gasteiger partial charge in [0.05, 0.1) is 6.20 Å². The molecule has 0 saturated carbocycles. The number of hydrogen-bond acceptors (Lipinski definition) is 7. The van der Waals surface area contributed by atoms with Crippen LogP contribution in [0.15, 0.2) is 16.1 Å². The van der Waals surface area contributed by atoms with E-state index in [-0.39, 0.29) is 4.09 Å². The van der Waals surface area contributed by atoms with Gasteiger partial charge in [0.1, 0.15) is 4.90 Å². The Labute approximate surface area is 96.5 Å². The van der Waals surface area contributed by atoms with Gasteiger partial charge in [-0.05, 0) is 0 Å². The molecule has 0 aromatic carbocycles. The Balaban J connectivity index is 3.79. The third-order valence-corrected chi connectivity index (χ3v) is 4.05. The molecule has 0 bridgehead atoms. The molecule has 0 radical (unpaired) electrons. The molecule has 0 aliphatic rings. The maximum Gasteiger partial charge on any atom is 0.317 e. The van der Waals surface area contributed by atoms with Crippen LogP contribution in [0.1, 0.15) is 0 Å². The molecule has 98 valence electrons. The van der Waals surface area contributed by atoms with E-state index in [1.165, 1.54) is 0 Å². The summed E-state index contributed by atoms with van der Waals surface area (Å²) in [6.07, 6.45) is 0.338. The Morgan fingerprint density at radius 1 is 0.941 bits per heavy atom. The molecule has 0 aliphatic heterocycles.